The molecule has 0 aromatic carbocycles. The maximum Gasteiger partial charge on any atom is 0.319 e. The largest absolute Gasteiger partial charge is 0.388 e. The van der Waals surface area contributed by atoms with Gasteiger partial charge < -0.3 is 15.7 Å². The van der Waals surface area contributed by atoms with Crippen LogP contribution in [-0.4, -0.2) is 38.0 Å². The number of carbonyl (C=O) groups excluding carboxylic acids is 1. The molecule has 2 aromatic rings. The lowest BCUT2D eigenvalue weighted by Gasteiger charge is -2.25. The van der Waals surface area contributed by atoms with Gasteiger partial charge in [0.25, 0.3) is 0 Å². The predicted octanol–water partition coefficient (Wildman–Crippen LogP) is 1.95. The van der Waals surface area contributed by atoms with Gasteiger partial charge in [0.1, 0.15) is 0 Å². The number of hydrogen-bond acceptors (Lipinski definition) is 4. The molecule has 0 aliphatic heterocycles. The summed E-state index contributed by atoms with van der Waals surface area (Å²) in [6.07, 6.45) is 2.77. The molecule has 0 saturated heterocycles. The average Bonchev–Trinajstić information content (AvgIpc) is 2.79. The van der Waals surface area contributed by atoms with Gasteiger partial charge in [-0.1, -0.05) is 13.8 Å². The molecule has 0 unspecified atom stereocenters. The van der Waals surface area contributed by atoms with Crippen molar-refractivity contribution in [2.75, 3.05) is 11.9 Å². The van der Waals surface area contributed by atoms with Crippen LogP contribution in [0.5, 0.6) is 0 Å². The third-order valence-electron chi connectivity index (χ3n) is 4.02. The van der Waals surface area contributed by atoms with Gasteiger partial charge in [-0.05, 0) is 25.8 Å². The summed E-state index contributed by atoms with van der Waals surface area (Å²) in [7, 11) is 1.83. The third kappa shape index (κ3) is 3.36. The lowest BCUT2D eigenvalue weighted by molar-refractivity contribution is 0.0354. The van der Waals surface area contributed by atoms with E-state index in [1.807, 2.05) is 33.9 Å². The van der Waals surface area contributed by atoms with Gasteiger partial charge in [0.05, 0.1) is 23.2 Å². The second-order valence-electron chi connectivity index (χ2n) is 5.54. The molecule has 2 aromatic heterocycles. The van der Waals surface area contributed by atoms with Crippen LogP contribution in [0.2, 0.25) is 0 Å². The zero-order valence-corrected chi connectivity index (χ0v) is 13.5. The number of fused-ring (bicyclic) bond motifs is 1. The normalized spacial score (nSPS) is 11.7. The van der Waals surface area contributed by atoms with Crippen molar-refractivity contribution >= 4 is 22.8 Å². The number of nitrogens with zero attached hydrogens (tertiary/aromatic N) is 3. The first-order valence-electron chi connectivity index (χ1n) is 7.45. The lowest BCUT2D eigenvalue weighted by Crippen LogP contribution is -2.43. The number of pyridine rings is 1. The minimum absolute atomic E-state index is 0.216. The van der Waals surface area contributed by atoms with Gasteiger partial charge in [-0.3, -0.25) is 4.68 Å². The molecule has 0 aliphatic rings. The predicted molar refractivity (Wildman–Crippen MR) is 85.8 cm³/mol. The summed E-state index contributed by atoms with van der Waals surface area (Å²) in [4.78, 5) is 16.2. The van der Waals surface area contributed by atoms with Crippen LogP contribution in [0.3, 0.4) is 0 Å². The topological polar surface area (TPSA) is 92.1 Å². The minimum Gasteiger partial charge on any atom is -0.388 e. The monoisotopic (exact) mass is 305 g/mol. The molecule has 0 aliphatic carbocycles. The van der Waals surface area contributed by atoms with Gasteiger partial charge in [0, 0.05) is 19.0 Å². The van der Waals surface area contributed by atoms with Gasteiger partial charge in [-0.25, -0.2) is 9.78 Å². The van der Waals surface area contributed by atoms with Gasteiger partial charge >= 0.3 is 6.03 Å². The van der Waals surface area contributed by atoms with E-state index >= 15 is 0 Å². The SMILES string of the molecule is CCC(O)(CC)CNC(=O)Nc1cnc2c(c1)c(C)nn2C. The van der Waals surface area contributed by atoms with Crippen LogP contribution >= 0.6 is 0 Å². The van der Waals surface area contributed by atoms with Crippen LogP contribution in [0, 0.1) is 6.92 Å². The number of anilines is 1. The second kappa shape index (κ2) is 6.31. The van der Waals surface area contributed by atoms with Crippen molar-refractivity contribution in [3.63, 3.8) is 0 Å². The molecule has 3 N–H and O–H groups in total. The van der Waals surface area contributed by atoms with Crippen LogP contribution in [0.1, 0.15) is 32.4 Å². The number of rotatable bonds is 5. The summed E-state index contributed by atoms with van der Waals surface area (Å²) in [6, 6.07) is 1.49. The Morgan fingerprint density at radius 3 is 2.73 bits per heavy atom. The number of nitrogens with one attached hydrogen (secondary N) is 2. The van der Waals surface area contributed by atoms with Gasteiger partial charge in [-0.15, -0.1) is 0 Å². The maximum absolute atomic E-state index is 11.9. The molecule has 0 bridgehead atoms. The summed E-state index contributed by atoms with van der Waals surface area (Å²) >= 11 is 0. The Bertz CT molecular complexity index is 676. The lowest BCUT2D eigenvalue weighted by atomic mass is 9.98. The highest BCUT2D eigenvalue weighted by molar-refractivity contribution is 5.92. The number of hydrogen-bond donors (Lipinski definition) is 3. The third-order valence-corrected chi connectivity index (χ3v) is 4.02. The van der Waals surface area contributed by atoms with Crippen molar-refractivity contribution in [3.05, 3.63) is 18.0 Å². The van der Waals surface area contributed by atoms with Crippen LogP contribution in [0.4, 0.5) is 10.5 Å². The average molecular weight is 305 g/mol. The van der Waals surface area contributed by atoms with E-state index in [-0.39, 0.29) is 12.6 Å². The van der Waals surface area contributed by atoms with Crippen molar-refractivity contribution in [2.45, 2.75) is 39.2 Å². The number of aryl methyl sites for hydroxylation is 2. The van der Waals surface area contributed by atoms with Crippen molar-refractivity contribution in [2.24, 2.45) is 7.05 Å². The van der Waals surface area contributed by atoms with Crippen LogP contribution < -0.4 is 10.6 Å². The summed E-state index contributed by atoms with van der Waals surface area (Å²) in [5.41, 5.74) is 1.37. The molecular formula is C15H23N5O2. The van der Waals surface area contributed by atoms with Crippen molar-refractivity contribution in [1.29, 1.82) is 0 Å². The number of aromatic nitrogens is 3. The molecule has 0 spiro atoms. The smallest absolute Gasteiger partial charge is 0.319 e. The Hall–Kier alpha value is -2.15. The van der Waals surface area contributed by atoms with Gasteiger partial charge in [0.15, 0.2) is 5.65 Å². The Kier molecular flexibility index (Phi) is 4.65. The standard InChI is InChI=1S/C15H23N5O2/c1-5-15(22,6-2)9-17-14(21)18-11-7-12-10(3)19-20(4)13(12)16-8-11/h7-8,22H,5-6,9H2,1-4H3,(H2,17,18,21). The highest BCUT2D eigenvalue weighted by Gasteiger charge is 2.22. The van der Waals surface area contributed by atoms with E-state index in [1.54, 1.807) is 10.9 Å². The molecule has 7 nitrogen and oxygen atoms in total. The van der Waals surface area contributed by atoms with E-state index < -0.39 is 5.60 Å². The van der Waals surface area contributed by atoms with E-state index in [9.17, 15) is 9.90 Å². The molecule has 0 radical (unpaired) electrons. The molecular weight excluding hydrogens is 282 g/mol. The molecule has 2 rings (SSSR count). The Balaban J connectivity index is 2.04. The first kappa shape index (κ1) is 16.2. The number of carbonyl (C=O) groups is 1. The fraction of sp³-hybridized carbons (Fsp3) is 0.533. The first-order valence-corrected chi connectivity index (χ1v) is 7.45. The summed E-state index contributed by atoms with van der Waals surface area (Å²) in [5, 5.41) is 20.8. The quantitative estimate of drug-likeness (QED) is 0.787. The molecule has 0 fully saturated rings. The van der Waals surface area contributed by atoms with E-state index in [0.717, 1.165) is 16.7 Å². The zero-order chi connectivity index (χ0) is 16.3. The zero-order valence-electron chi connectivity index (χ0n) is 13.5. The van der Waals surface area contributed by atoms with Crippen LogP contribution in [0.15, 0.2) is 12.3 Å². The first-order chi connectivity index (χ1) is 10.4. The van der Waals surface area contributed by atoms with E-state index in [1.165, 1.54) is 0 Å². The Morgan fingerprint density at radius 2 is 2.09 bits per heavy atom. The fourth-order valence-electron chi connectivity index (χ4n) is 2.30. The molecule has 0 atom stereocenters. The maximum atomic E-state index is 11.9. The summed E-state index contributed by atoms with van der Waals surface area (Å²) in [6.45, 7) is 5.90. The van der Waals surface area contributed by atoms with Crippen LogP contribution in [-0.2, 0) is 7.05 Å². The van der Waals surface area contributed by atoms with Crippen molar-refractivity contribution < 1.29 is 9.90 Å². The highest BCUT2D eigenvalue weighted by atomic mass is 16.3. The number of aliphatic hydroxyl groups is 1. The Morgan fingerprint density at radius 1 is 1.41 bits per heavy atom. The summed E-state index contributed by atoms with van der Waals surface area (Å²) < 4.78 is 1.71. The van der Waals surface area contributed by atoms with Crippen LogP contribution in [0.25, 0.3) is 11.0 Å². The molecule has 22 heavy (non-hydrogen) atoms. The van der Waals surface area contributed by atoms with Gasteiger partial charge in [0.2, 0.25) is 0 Å². The molecule has 0 saturated carbocycles. The van der Waals surface area contributed by atoms with Crippen molar-refractivity contribution in [3.8, 4) is 0 Å². The number of amides is 2. The molecule has 120 valence electrons. The molecule has 7 heteroatoms. The summed E-state index contributed by atoms with van der Waals surface area (Å²) in [5.74, 6) is 0. The minimum atomic E-state index is -0.862. The van der Waals surface area contributed by atoms with Gasteiger partial charge in [-0.2, -0.15) is 5.10 Å². The van der Waals surface area contributed by atoms with E-state index in [2.05, 4.69) is 20.7 Å². The Labute approximate surface area is 129 Å². The van der Waals surface area contributed by atoms with E-state index in [4.69, 9.17) is 0 Å². The molecule has 2 amide bonds. The fourth-order valence-corrected chi connectivity index (χ4v) is 2.30. The van der Waals surface area contributed by atoms with E-state index in [0.29, 0.717) is 18.5 Å². The molecule has 2 heterocycles. The van der Waals surface area contributed by atoms with Crippen molar-refractivity contribution in [1.82, 2.24) is 20.1 Å². The highest BCUT2D eigenvalue weighted by Crippen LogP contribution is 2.19. The second-order valence-corrected chi connectivity index (χ2v) is 5.54. The number of urea groups is 1.